The molecule has 4 rings (SSSR count). The molecule has 1 amide bonds. The number of nitrogens with one attached hydrogen (secondary N) is 1. The van der Waals surface area contributed by atoms with Crippen LogP contribution in [0.3, 0.4) is 0 Å². The molecular weight excluding hydrogens is 448 g/mol. The van der Waals surface area contributed by atoms with Gasteiger partial charge in [-0.15, -0.1) is 0 Å². The summed E-state index contributed by atoms with van der Waals surface area (Å²) in [5, 5.41) is 13.1. The highest BCUT2D eigenvalue weighted by atomic mass is 32.1. The van der Waals surface area contributed by atoms with Crippen LogP contribution < -0.4 is 15.6 Å². The van der Waals surface area contributed by atoms with E-state index in [0.717, 1.165) is 11.5 Å². The normalized spacial score (nSPS) is 14.8. The van der Waals surface area contributed by atoms with Crippen molar-refractivity contribution in [3.8, 4) is 5.13 Å². The number of aryl methyl sites for hydroxylation is 1. The molecule has 3 aromatic rings. The summed E-state index contributed by atoms with van der Waals surface area (Å²) in [5.41, 5.74) is -0.0641. The highest BCUT2D eigenvalue weighted by Crippen LogP contribution is 2.28. The third-order valence-corrected chi connectivity index (χ3v) is 6.13. The Hall–Kier alpha value is -3.38. The van der Waals surface area contributed by atoms with Gasteiger partial charge >= 0.3 is 5.97 Å². The van der Waals surface area contributed by atoms with Crippen molar-refractivity contribution in [1.29, 1.82) is 0 Å². The number of pyridine rings is 2. The summed E-state index contributed by atoms with van der Waals surface area (Å²) < 4.78 is 10.8. The molecular formula is C21H24N6O5S. The average Bonchev–Trinajstić information content (AvgIpc) is 3.25. The molecule has 1 aliphatic heterocycles. The van der Waals surface area contributed by atoms with Crippen LogP contribution in [0.5, 0.6) is 0 Å². The first-order valence-electron chi connectivity index (χ1n) is 10.5. The summed E-state index contributed by atoms with van der Waals surface area (Å²) >= 11 is 1.06. The number of carbonyl (C=O) groups is 2. The number of carboxylic acids is 1. The van der Waals surface area contributed by atoms with E-state index < -0.39 is 11.4 Å². The number of hydrogen-bond donors (Lipinski definition) is 2. The summed E-state index contributed by atoms with van der Waals surface area (Å²) in [6, 6.07) is 1.67. The maximum atomic E-state index is 12.9. The van der Waals surface area contributed by atoms with Gasteiger partial charge in [-0.25, -0.2) is 14.8 Å². The second-order valence-corrected chi connectivity index (χ2v) is 8.70. The maximum Gasteiger partial charge on any atom is 0.341 e. The Morgan fingerprint density at radius 1 is 1.39 bits per heavy atom. The number of carbonyl (C=O) groups excluding carboxylic acids is 1. The van der Waals surface area contributed by atoms with Gasteiger partial charge in [0.25, 0.3) is 0 Å². The molecule has 1 fully saturated rings. The molecule has 1 saturated heterocycles. The summed E-state index contributed by atoms with van der Waals surface area (Å²) in [6.07, 6.45) is 2.59. The molecule has 1 atom stereocenters. The summed E-state index contributed by atoms with van der Waals surface area (Å²) in [5.74, 6) is -0.926. The minimum Gasteiger partial charge on any atom is -0.477 e. The van der Waals surface area contributed by atoms with Crippen molar-refractivity contribution in [3.63, 3.8) is 0 Å². The van der Waals surface area contributed by atoms with E-state index in [2.05, 4.69) is 19.7 Å². The third-order valence-electron chi connectivity index (χ3n) is 5.47. The summed E-state index contributed by atoms with van der Waals surface area (Å²) in [7, 11) is 0. The first-order valence-corrected chi connectivity index (χ1v) is 11.3. The molecule has 33 heavy (non-hydrogen) atoms. The van der Waals surface area contributed by atoms with Crippen molar-refractivity contribution >= 4 is 40.3 Å². The number of aromatic nitrogens is 4. The van der Waals surface area contributed by atoms with Gasteiger partial charge in [0.1, 0.15) is 17.7 Å². The molecule has 0 unspecified atom stereocenters. The smallest absolute Gasteiger partial charge is 0.341 e. The zero-order valence-electron chi connectivity index (χ0n) is 18.4. The fourth-order valence-corrected chi connectivity index (χ4v) is 4.25. The predicted molar refractivity (Wildman–Crippen MR) is 122 cm³/mol. The molecule has 0 aromatic carbocycles. The number of carboxylic acid groups (broad SMARTS) is 1. The van der Waals surface area contributed by atoms with Crippen molar-refractivity contribution in [2.45, 2.75) is 26.8 Å². The second kappa shape index (κ2) is 9.24. The number of aromatic carboxylic acids is 1. The van der Waals surface area contributed by atoms with Crippen LogP contribution in [-0.4, -0.2) is 68.2 Å². The lowest BCUT2D eigenvalue weighted by molar-refractivity contribution is -0.126. The fourth-order valence-electron chi connectivity index (χ4n) is 3.74. The molecule has 0 bridgehead atoms. The topological polar surface area (TPSA) is 140 Å². The van der Waals surface area contributed by atoms with Gasteiger partial charge in [0.2, 0.25) is 16.5 Å². The number of amides is 1. The van der Waals surface area contributed by atoms with E-state index in [1.807, 2.05) is 18.7 Å². The van der Waals surface area contributed by atoms with Crippen molar-refractivity contribution in [1.82, 2.24) is 24.2 Å². The zero-order chi connectivity index (χ0) is 23.7. The zero-order valence-corrected chi connectivity index (χ0v) is 19.3. The molecule has 0 saturated carbocycles. The molecule has 4 heterocycles. The number of nitrogens with zero attached hydrogens (tertiary/aromatic N) is 5. The van der Waals surface area contributed by atoms with Crippen LogP contribution >= 0.6 is 11.5 Å². The monoisotopic (exact) mass is 472 g/mol. The first kappa shape index (κ1) is 22.8. The summed E-state index contributed by atoms with van der Waals surface area (Å²) in [4.78, 5) is 47.7. The van der Waals surface area contributed by atoms with Crippen LogP contribution in [0, 0.1) is 12.8 Å². The Morgan fingerprint density at radius 3 is 2.79 bits per heavy atom. The molecule has 0 radical (unpaired) electrons. The van der Waals surface area contributed by atoms with Crippen LogP contribution in [0.15, 0.2) is 23.4 Å². The SMILES string of the molecule is CCOC[C@@H](C)NC(=O)C1CN(c2cc(C)c3c(=O)c(C(=O)O)cn(-c4ncns4)c3n2)C1. The highest BCUT2D eigenvalue weighted by Gasteiger charge is 2.34. The lowest BCUT2D eigenvalue weighted by Crippen LogP contribution is -2.55. The first-order chi connectivity index (χ1) is 15.8. The van der Waals surface area contributed by atoms with E-state index in [4.69, 9.17) is 4.74 Å². The minimum absolute atomic E-state index is 0.0344. The molecule has 3 aromatic heterocycles. The van der Waals surface area contributed by atoms with Crippen LogP contribution in [0.1, 0.15) is 29.8 Å². The molecule has 0 aliphatic carbocycles. The van der Waals surface area contributed by atoms with E-state index in [1.54, 1.807) is 13.0 Å². The highest BCUT2D eigenvalue weighted by molar-refractivity contribution is 7.08. The molecule has 12 heteroatoms. The molecule has 174 valence electrons. The van der Waals surface area contributed by atoms with Gasteiger partial charge in [-0.2, -0.15) is 4.37 Å². The standard InChI is InChI=1S/C21H24N6O5S/c1-4-32-9-12(3)24-19(29)13-6-26(7-13)15-5-11(2)16-17(28)14(20(30)31)8-27(18(16)25-15)21-22-10-23-33-21/h5,8,10,12-13H,4,6-7,9H2,1-3H3,(H,24,29)(H,30,31)/t12-/m1/s1. The van der Waals surface area contributed by atoms with Gasteiger partial charge in [-0.05, 0) is 32.4 Å². The molecule has 1 aliphatic rings. The van der Waals surface area contributed by atoms with Crippen LogP contribution in [0.2, 0.25) is 0 Å². The lowest BCUT2D eigenvalue weighted by Gasteiger charge is -2.39. The van der Waals surface area contributed by atoms with E-state index in [0.29, 0.717) is 48.5 Å². The number of fused-ring (bicyclic) bond motifs is 1. The van der Waals surface area contributed by atoms with Crippen molar-refractivity contribution in [2.75, 3.05) is 31.2 Å². The molecule has 11 nitrogen and oxygen atoms in total. The predicted octanol–water partition coefficient (Wildman–Crippen LogP) is 1.22. The number of rotatable bonds is 8. The third kappa shape index (κ3) is 4.44. The Balaban J connectivity index is 1.63. The van der Waals surface area contributed by atoms with E-state index in [-0.39, 0.29) is 28.8 Å². The number of anilines is 1. The fraction of sp³-hybridized carbons (Fsp3) is 0.429. The minimum atomic E-state index is -1.32. The second-order valence-electron chi connectivity index (χ2n) is 7.94. The van der Waals surface area contributed by atoms with Crippen LogP contribution in [0.25, 0.3) is 16.2 Å². The largest absolute Gasteiger partial charge is 0.477 e. The Morgan fingerprint density at radius 2 is 2.15 bits per heavy atom. The number of hydrogen-bond acceptors (Lipinski definition) is 9. The van der Waals surface area contributed by atoms with Crippen molar-refractivity contribution < 1.29 is 19.4 Å². The van der Waals surface area contributed by atoms with Gasteiger partial charge in [-0.3, -0.25) is 14.2 Å². The Bertz CT molecular complexity index is 1250. The van der Waals surface area contributed by atoms with E-state index >= 15 is 0 Å². The Labute approximate surface area is 193 Å². The van der Waals surface area contributed by atoms with Gasteiger partial charge in [0.15, 0.2) is 5.65 Å². The van der Waals surface area contributed by atoms with Gasteiger partial charge in [-0.1, -0.05) is 0 Å². The molecule has 0 spiro atoms. The maximum absolute atomic E-state index is 12.9. The van der Waals surface area contributed by atoms with Crippen molar-refractivity contribution in [3.05, 3.63) is 39.9 Å². The lowest BCUT2D eigenvalue weighted by atomic mass is 9.98. The summed E-state index contributed by atoms with van der Waals surface area (Å²) in [6.45, 7) is 7.58. The molecule has 2 N–H and O–H groups in total. The van der Waals surface area contributed by atoms with Crippen molar-refractivity contribution in [2.24, 2.45) is 5.92 Å². The van der Waals surface area contributed by atoms with E-state index in [1.165, 1.54) is 17.1 Å². The quantitative estimate of drug-likeness (QED) is 0.495. The number of ether oxygens (including phenoxy) is 1. The van der Waals surface area contributed by atoms with Crippen LogP contribution in [-0.2, 0) is 9.53 Å². The van der Waals surface area contributed by atoms with Gasteiger partial charge in [0.05, 0.1) is 17.9 Å². The van der Waals surface area contributed by atoms with Gasteiger partial charge < -0.3 is 20.1 Å². The average molecular weight is 473 g/mol. The van der Waals surface area contributed by atoms with Gasteiger partial charge in [0, 0.05) is 43.5 Å². The Kier molecular flexibility index (Phi) is 6.38. The van der Waals surface area contributed by atoms with E-state index in [9.17, 15) is 19.5 Å². The van der Waals surface area contributed by atoms with Crippen LogP contribution in [0.4, 0.5) is 5.82 Å².